The van der Waals surface area contributed by atoms with Gasteiger partial charge in [-0.1, -0.05) is 20.8 Å². The summed E-state index contributed by atoms with van der Waals surface area (Å²) in [7, 11) is 0. The lowest BCUT2D eigenvalue weighted by molar-refractivity contribution is -0.120. The second kappa shape index (κ2) is 7.71. The minimum absolute atomic E-state index is 0. The number of thiazole rings is 1. The summed E-state index contributed by atoms with van der Waals surface area (Å²) >= 11 is 1.69. The highest BCUT2D eigenvalue weighted by Crippen LogP contribution is 2.40. The lowest BCUT2D eigenvalue weighted by Crippen LogP contribution is -2.40. The monoisotopic (exact) mass is 371 g/mol. The summed E-state index contributed by atoms with van der Waals surface area (Å²) in [5.74, 6) is 0.982. The summed E-state index contributed by atoms with van der Waals surface area (Å²) < 4.78 is 0. The van der Waals surface area contributed by atoms with Gasteiger partial charge in [-0.3, -0.25) is 4.79 Å². The number of hydrogen-bond acceptors (Lipinski definition) is 4. The molecule has 1 saturated heterocycles. The first-order chi connectivity index (χ1) is 10.8. The third-order valence-electron chi connectivity index (χ3n) is 5.39. The highest BCUT2D eigenvalue weighted by atomic mass is 35.5. The Morgan fingerprint density at radius 1 is 1.33 bits per heavy atom. The zero-order valence-electron chi connectivity index (χ0n) is 15.1. The Morgan fingerprint density at radius 3 is 2.75 bits per heavy atom. The van der Waals surface area contributed by atoms with Crippen LogP contribution in [0, 0.1) is 17.3 Å². The van der Waals surface area contributed by atoms with E-state index in [9.17, 15) is 4.79 Å². The van der Waals surface area contributed by atoms with Crippen LogP contribution in [0.15, 0.2) is 0 Å². The van der Waals surface area contributed by atoms with Crippen molar-refractivity contribution in [2.24, 2.45) is 17.3 Å². The molecule has 0 spiro atoms. The Hall–Kier alpha value is -0.650. The average Bonchev–Trinajstić information content (AvgIpc) is 2.87. The fraction of sp³-hybridized carbons (Fsp3) is 0.778. The van der Waals surface area contributed by atoms with Gasteiger partial charge in [0, 0.05) is 16.8 Å². The van der Waals surface area contributed by atoms with Gasteiger partial charge in [-0.15, -0.1) is 23.7 Å². The van der Waals surface area contributed by atoms with Crippen molar-refractivity contribution < 1.29 is 4.79 Å². The van der Waals surface area contributed by atoms with Crippen LogP contribution in [0.5, 0.6) is 0 Å². The van der Waals surface area contributed by atoms with Crippen LogP contribution in [0.3, 0.4) is 0 Å². The van der Waals surface area contributed by atoms with Crippen LogP contribution < -0.4 is 10.6 Å². The molecular weight excluding hydrogens is 342 g/mol. The summed E-state index contributed by atoms with van der Waals surface area (Å²) in [6, 6.07) is 0.427. The first-order valence-electron chi connectivity index (χ1n) is 8.85. The molecule has 3 atom stereocenters. The molecule has 2 aliphatic rings. The van der Waals surface area contributed by atoms with Crippen molar-refractivity contribution in [3.63, 3.8) is 0 Å². The van der Waals surface area contributed by atoms with Gasteiger partial charge in [-0.25, -0.2) is 4.98 Å². The summed E-state index contributed by atoms with van der Waals surface area (Å²) in [5, 5.41) is 7.29. The molecule has 0 bridgehead atoms. The van der Waals surface area contributed by atoms with E-state index in [1.54, 1.807) is 11.3 Å². The predicted octanol–water partition coefficient (Wildman–Crippen LogP) is 4.04. The maximum absolute atomic E-state index is 12.5. The number of amides is 1. The molecular formula is C18H30ClN3OS. The number of nitrogens with zero attached hydrogens (tertiary/aromatic N) is 1. The minimum atomic E-state index is 0. The number of hydrogen-bond donors (Lipinski definition) is 2. The standard InChI is InChI=1S/C18H29N3OS.ClH/c1-11-9-12(7-8-19-11)16(22)21-17-20-14-6-5-13(18(2,3)4)10-15(14)23-17;/h11-13,19H,5-10H2,1-4H3,(H,20,21,22);1H/t11-,12-,13?;/m0./s1. The number of anilines is 1. The Balaban J connectivity index is 0.00000208. The second-order valence-corrected chi connectivity index (χ2v) is 9.34. The third kappa shape index (κ3) is 4.50. The normalized spacial score (nSPS) is 27.1. The first-order valence-corrected chi connectivity index (χ1v) is 9.67. The topological polar surface area (TPSA) is 54.0 Å². The van der Waals surface area contributed by atoms with Crippen molar-refractivity contribution in [2.75, 3.05) is 11.9 Å². The number of carbonyl (C=O) groups excluding carboxylic acids is 1. The average molecular weight is 372 g/mol. The van der Waals surface area contributed by atoms with Crippen LogP contribution >= 0.6 is 23.7 Å². The highest BCUT2D eigenvalue weighted by Gasteiger charge is 2.31. The molecule has 24 heavy (non-hydrogen) atoms. The number of aryl methyl sites for hydroxylation is 1. The summed E-state index contributed by atoms with van der Waals surface area (Å²) in [6.45, 7) is 10.1. The number of aromatic nitrogens is 1. The maximum atomic E-state index is 12.5. The molecule has 3 rings (SSSR count). The van der Waals surface area contributed by atoms with Gasteiger partial charge in [0.25, 0.3) is 0 Å². The van der Waals surface area contributed by atoms with Crippen molar-refractivity contribution in [2.45, 2.75) is 65.8 Å². The Kier molecular flexibility index (Phi) is 6.32. The number of nitrogens with one attached hydrogen (secondary N) is 2. The van der Waals surface area contributed by atoms with Crippen LogP contribution in [0.4, 0.5) is 5.13 Å². The number of rotatable bonds is 2. The van der Waals surface area contributed by atoms with Gasteiger partial charge < -0.3 is 10.6 Å². The largest absolute Gasteiger partial charge is 0.314 e. The second-order valence-electron chi connectivity index (χ2n) is 8.26. The van der Waals surface area contributed by atoms with Crippen LogP contribution in [0.1, 0.15) is 57.5 Å². The Bertz CT molecular complexity index is 581. The van der Waals surface area contributed by atoms with E-state index in [0.29, 0.717) is 17.4 Å². The molecule has 1 aromatic rings. The van der Waals surface area contributed by atoms with Crippen molar-refractivity contribution >= 4 is 34.8 Å². The maximum Gasteiger partial charge on any atom is 0.229 e. The number of fused-ring (bicyclic) bond motifs is 1. The van der Waals surface area contributed by atoms with Gasteiger partial charge in [-0.05, 0) is 56.9 Å². The molecule has 136 valence electrons. The zero-order valence-corrected chi connectivity index (χ0v) is 16.8. The van der Waals surface area contributed by atoms with Crippen molar-refractivity contribution in [3.8, 4) is 0 Å². The van der Waals surface area contributed by atoms with Gasteiger partial charge in [0.05, 0.1) is 5.69 Å². The molecule has 1 amide bonds. The van der Waals surface area contributed by atoms with Gasteiger partial charge >= 0.3 is 0 Å². The summed E-state index contributed by atoms with van der Waals surface area (Å²) in [6.07, 6.45) is 5.21. The molecule has 1 unspecified atom stereocenters. The predicted molar refractivity (Wildman–Crippen MR) is 103 cm³/mol. The molecule has 1 aromatic heterocycles. The fourth-order valence-electron chi connectivity index (χ4n) is 3.75. The van der Waals surface area contributed by atoms with Gasteiger partial charge in [0.15, 0.2) is 5.13 Å². The van der Waals surface area contributed by atoms with Gasteiger partial charge in [-0.2, -0.15) is 0 Å². The van der Waals surface area contributed by atoms with Crippen molar-refractivity contribution in [3.05, 3.63) is 10.6 Å². The lowest BCUT2D eigenvalue weighted by atomic mass is 9.73. The highest BCUT2D eigenvalue weighted by molar-refractivity contribution is 7.15. The van der Waals surface area contributed by atoms with Crippen LogP contribution in [-0.4, -0.2) is 23.5 Å². The van der Waals surface area contributed by atoms with Crippen LogP contribution in [-0.2, 0) is 17.6 Å². The van der Waals surface area contributed by atoms with E-state index in [-0.39, 0.29) is 24.2 Å². The molecule has 1 aliphatic carbocycles. The summed E-state index contributed by atoms with van der Waals surface area (Å²) in [5.41, 5.74) is 1.56. The van der Waals surface area contributed by atoms with Crippen molar-refractivity contribution in [1.82, 2.24) is 10.3 Å². The lowest BCUT2D eigenvalue weighted by Gasteiger charge is -2.33. The molecule has 4 nitrogen and oxygen atoms in total. The quantitative estimate of drug-likeness (QED) is 0.824. The van der Waals surface area contributed by atoms with E-state index in [0.717, 1.165) is 37.4 Å². The fourth-order valence-corrected chi connectivity index (χ4v) is 4.84. The molecule has 0 saturated carbocycles. The van der Waals surface area contributed by atoms with E-state index in [1.165, 1.54) is 17.0 Å². The number of piperidine rings is 1. The van der Waals surface area contributed by atoms with E-state index < -0.39 is 0 Å². The molecule has 0 radical (unpaired) electrons. The SMILES string of the molecule is C[C@H]1C[C@@H](C(=O)Nc2nc3c(s2)CC(C(C)(C)C)CC3)CCN1.Cl. The van der Waals surface area contributed by atoms with Crippen molar-refractivity contribution in [1.29, 1.82) is 0 Å². The minimum Gasteiger partial charge on any atom is -0.314 e. The zero-order chi connectivity index (χ0) is 16.6. The molecule has 0 aromatic carbocycles. The summed E-state index contributed by atoms with van der Waals surface area (Å²) in [4.78, 5) is 18.5. The molecule has 2 N–H and O–H groups in total. The van der Waals surface area contributed by atoms with Crippen LogP contribution in [0.25, 0.3) is 0 Å². The van der Waals surface area contributed by atoms with E-state index in [4.69, 9.17) is 4.98 Å². The first kappa shape index (κ1) is 19.7. The van der Waals surface area contributed by atoms with E-state index in [2.05, 4.69) is 38.3 Å². The number of carbonyl (C=O) groups is 1. The molecule has 6 heteroatoms. The van der Waals surface area contributed by atoms with Gasteiger partial charge in [0.2, 0.25) is 5.91 Å². The third-order valence-corrected chi connectivity index (χ3v) is 6.42. The molecule has 2 heterocycles. The Labute approximate surface area is 155 Å². The smallest absolute Gasteiger partial charge is 0.229 e. The molecule has 1 aliphatic heterocycles. The van der Waals surface area contributed by atoms with E-state index in [1.807, 2.05) is 0 Å². The van der Waals surface area contributed by atoms with Crippen LogP contribution in [0.2, 0.25) is 0 Å². The Morgan fingerprint density at radius 2 is 2.08 bits per heavy atom. The van der Waals surface area contributed by atoms with E-state index >= 15 is 0 Å². The van der Waals surface area contributed by atoms with Gasteiger partial charge in [0.1, 0.15) is 0 Å². The molecule has 1 fully saturated rings. The number of halogens is 1.